The molecular formula is C16H20NO10+. The van der Waals surface area contributed by atoms with Crippen molar-refractivity contribution >= 4 is 17.9 Å². The van der Waals surface area contributed by atoms with E-state index in [0.29, 0.717) is 0 Å². The fourth-order valence-corrected chi connectivity index (χ4v) is 2.50. The van der Waals surface area contributed by atoms with Crippen molar-refractivity contribution in [3.63, 3.8) is 0 Å². The van der Waals surface area contributed by atoms with Crippen molar-refractivity contribution in [3.8, 4) is 0 Å². The molecule has 11 heteroatoms. The van der Waals surface area contributed by atoms with Crippen LogP contribution >= 0.6 is 0 Å². The average Bonchev–Trinajstić information content (AvgIpc) is 2.94. The molecule has 1 aliphatic heterocycles. The number of methoxy groups -OCH3 is 1. The molecular weight excluding hydrogens is 366 g/mol. The smallest absolute Gasteiger partial charge is 0.341 e. The Hall–Kier alpha value is -2.60. The van der Waals surface area contributed by atoms with Gasteiger partial charge in [-0.25, -0.2) is 9.59 Å². The van der Waals surface area contributed by atoms with Gasteiger partial charge in [-0.15, -0.1) is 0 Å². The molecule has 0 saturated carbocycles. The van der Waals surface area contributed by atoms with Crippen molar-refractivity contribution in [2.24, 2.45) is 0 Å². The molecule has 11 nitrogen and oxygen atoms in total. The minimum absolute atomic E-state index is 0.0468. The van der Waals surface area contributed by atoms with E-state index in [4.69, 9.17) is 14.6 Å². The highest BCUT2D eigenvalue weighted by atomic mass is 16.6. The summed E-state index contributed by atoms with van der Waals surface area (Å²) >= 11 is 0. The number of ether oxygens (including phenoxy) is 3. The first-order chi connectivity index (χ1) is 12.7. The van der Waals surface area contributed by atoms with Crippen LogP contribution in [0.3, 0.4) is 0 Å². The van der Waals surface area contributed by atoms with Crippen LogP contribution in [0.15, 0.2) is 24.5 Å². The largest absolute Gasteiger partial charge is 0.477 e. The minimum atomic E-state index is -1.68. The molecule has 1 aromatic rings. The van der Waals surface area contributed by atoms with Crippen LogP contribution in [-0.2, 0) is 23.8 Å². The van der Waals surface area contributed by atoms with Gasteiger partial charge in [-0.3, -0.25) is 4.79 Å². The zero-order valence-electron chi connectivity index (χ0n) is 14.3. The third kappa shape index (κ3) is 4.98. The molecule has 0 spiro atoms. The highest BCUT2D eigenvalue weighted by molar-refractivity contribution is 5.86. The number of rotatable bonds is 7. The predicted molar refractivity (Wildman–Crippen MR) is 83.1 cm³/mol. The molecule has 0 aliphatic carbocycles. The van der Waals surface area contributed by atoms with Gasteiger partial charge < -0.3 is 34.6 Å². The van der Waals surface area contributed by atoms with Crippen molar-refractivity contribution in [1.82, 2.24) is 0 Å². The second-order valence-electron chi connectivity index (χ2n) is 5.82. The number of esters is 2. The first-order valence-corrected chi connectivity index (χ1v) is 7.91. The van der Waals surface area contributed by atoms with Crippen molar-refractivity contribution in [1.29, 1.82) is 0 Å². The first kappa shape index (κ1) is 20.7. The molecule has 0 radical (unpaired) electrons. The van der Waals surface area contributed by atoms with Gasteiger partial charge in [0.05, 0.1) is 13.5 Å². The van der Waals surface area contributed by atoms with Gasteiger partial charge in [-0.2, -0.15) is 4.57 Å². The average molecular weight is 386 g/mol. The van der Waals surface area contributed by atoms with Crippen LogP contribution in [0, 0.1) is 0 Å². The van der Waals surface area contributed by atoms with Crippen molar-refractivity contribution in [2.75, 3.05) is 13.7 Å². The van der Waals surface area contributed by atoms with Gasteiger partial charge in [0.15, 0.2) is 24.6 Å². The fraction of sp³-hybridized carbons (Fsp3) is 0.500. The maximum atomic E-state index is 11.6. The molecule has 0 aromatic carbocycles. The topological polar surface area (TPSA) is 164 Å². The van der Waals surface area contributed by atoms with Crippen LogP contribution in [0.5, 0.6) is 0 Å². The van der Waals surface area contributed by atoms with Crippen LogP contribution in [0.25, 0.3) is 0 Å². The SMILES string of the molecule is COC(=O)[C@@H](O)CC(=O)OC[C@H]1O[C@@H]([n+]2cccc(C(=O)O)c2)[C@H](O)[C@@H]1O. The molecule has 1 saturated heterocycles. The molecule has 1 aromatic heterocycles. The summed E-state index contributed by atoms with van der Waals surface area (Å²) in [5.74, 6) is -3.09. The van der Waals surface area contributed by atoms with Crippen LogP contribution in [-0.4, -0.2) is 76.5 Å². The van der Waals surface area contributed by atoms with Gasteiger partial charge >= 0.3 is 17.9 Å². The van der Waals surface area contributed by atoms with Crippen molar-refractivity contribution in [2.45, 2.75) is 37.1 Å². The molecule has 0 bridgehead atoms. The van der Waals surface area contributed by atoms with Crippen LogP contribution in [0.1, 0.15) is 23.0 Å². The van der Waals surface area contributed by atoms with E-state index in [9.17, 15) is 29.7 Å². The van der Waals surface area contributed by atoms with E-state index in [1.54, 1.807) is 0 Å². The Labute approximate surface area is 153 Å². The Morgan fingerprint density at radius 2 is 2.00 bits per heavy atom. The quantitative estimate of drug-likeness (QED) is 0.297. The van der Waals surface area contributed by atoms with E-state index in [2.05, 4.69) is 4.74 Å². The lowest BCUT2D eigenvalue weighted by atomic mass is 10.1. The number of carbonyl (C=O) groups is 3. The molecule has 0 unspecified atom stereocenters. The second-order valence-corrected chi connectivity index (χ2v) is 5.82. The Bertz CT molecular complexity index is 708. The third-order valence-electron chi connectivity index (χ3n) is 3.94. The van der Waals surface area contributed by atoms with Crippen LogP contribution in [0.2, 0.25) is 0 Å². The number of aliphatic hydroxyl groups is 3. The summed E-state index contributed by atoms with van der Waals surface area (Å²) in [4.78, 5) is 33.7. The standard InChI is InChI=1S/C16H19NO10/c1-25-16(24)9(18)5-11(19)26-7-10-12(20)13(21)14(27-10)17-4-2-3-8(6-17)15(22)23/h2-4,6,9-10,12-14,18,20-21H,5,7H2,1H3/p+1/t9-,10+,12+,13+,14+/m0/s1. The summed E-state index contributed by atoms with van der Waals surface area (Å²) in [6.45, 7) is -0.444. The lowest BCUT2D eigenvalue weighted by molar-refractivity contribution is -0.765. The van der Waals surface area contributed by atoms with Gasteiger partial charge in [0.25, 0.3) is 6.23 Å². The lowest BCUT2D eigenvalue weighted by Crippen LogP contribution is -2.46. The summed E-state index contributed by atoms with van der Waals surface area (Å²) in [7, 11) is 1.05. The molecule has 2 rings (SSSR count). The zero-order chi connectivity index (χ0) is 20.1. The van der Waals surface area contributed by atoms with Gasteiger partial charge in [-0.1, -0.05) is 0 Å². The Balaban J connectivity index is 1.96. The number of pyridine rings is 1. The molecule has 0 amide bonds. The Morgan fingerprint density at radius 3 is 2.63 bits per heavy atom. The van der Waals surface area contributed by atoms with E-state index >= 15 is 0 Å². The number of aromatic nitrogens is 1. The van der Waals surface area contributed by atoms with Crippen LogP contribution in [0.4, 0.5) is 0 Å². The lowest BCUT2D eigenvalue weighted by Gasteiger charge is -2.14. The van der Waals surface area contributed by atoms with E-state index < -0.39 is 61.6 Å². The number of carboxylic acids is 1. The minimum Gasteiger partial charge on any atom is -0.477 e. The van der Waals surface area contributed by atoms with Gasteiger partial charge in [0, 0.05) is 6.07 Å². The van der Waals surface area contributed by atoms with Crippen LogP contribution < -0.4 is 4.57 Å². The highest BCUT2D eigenvalue weighted by Gasteiger charge is 2.48. The number of nitrogens with zero attached hydrogens (tertiary/aromatic N) is 1. The highest BCUT2D eigenvalue weighted by Crippen LogP contribution is 2.25. The predicted octanol–water partition coefficient (Wildman–Crippen LogP) is -2.24. The maximum absolute atomic E-state index is 11.6. The Morgan fingerprint density at radius 1 is 1.30 bits per heavy atom. The number of aromatic carboxylic acids is 1. The number of hydrogen-bond acceptors (Lipinski definition) is 9. The second kappa shape index (κ2) is 8.86. The third-order valence-corrected chi connectivity index (χ3v) is 3.94. The molecule has 4 N–H and O–H groups in total. The summed E-state index contributed by atoms with van der Waals surface area (Å²) in [6.07, 6.45) is -4.63. The summed E-state index contributed by atoms with van der Waals surface area (Å²) in [5, 5.41) is 38.6. The molecule has 1 fully saturated rings. The zero-order valence-corrected chi connectivity index (χ0v) is 14.3. The summed E-state index contributed by atoms with van der Waals surface area (Å²) in [5.41, 5.74) is -0.0468. The summed E-state index contributed by atoms with van der Waals surface area (Å²) < 4.78 is 15.9. The number of hydrogen-bond donors (Lipinski definition) is 4. The first-order valence-electron chi connectivity index (χ1n) is 7.91. The van der Waals surface area contributed by atoms with E-state index in [0.717, 1.165) is 7.11 Å². The van der Waals surface area contributed by atoms with Gasteiger partial charge in [0.1, 0.15) is 24.4 Å². The van der Waals surface area contributed by atoms with E-state index in [1.807, 2.05) is 0 Å². The Kier molecular flexibility index (Phi) is 6.80. The normalized spacial score (nSPS) is 25.6. The van der Waals surface area contributed by atoms with Gasteiger partial charge in [0.2, 0.25) is 0 Å². The van der Waals surface area contributed by atoms with E-state index in [1.165, 1.54) is 29.1 Å². The number of carboxylic acid groups (broad SMARTS) is 1. The number of aliphatic hydroxyl groups excluding tert-OH is 3. The van der Waals surface area contributed by atoms with Gasteiger partial charge in [-0.05, 0) is 6.07 Å². The molecule has 1 aliphatic rings. The van der Waals surface area contributed by atoms with Crippen molar-refractivity contribution in [3.05, 3.63) is 30.1 Å². The molecule has 5 atom stereocenters. The van der Waals surface area contributed by atoms with E-state index in [-0.39, 0.29) is 5.56 Å². The maximum Gasteiger partial charge on any atom is 0.341 e. The van der Waals surface area contributed by atoms with Crippen molar-refractivity contribution < 1.29 is 53.6 Å². The molecule has 2 heterocycles. The number of carbonyl (C=O) groups excluding carboxylic acids is 2. The fourth-order valence-electron chi connectivity index (χ4n) is 2.50. The monoisotopic (exact) mass is 386 g/mol. The summed E-state index contributed by atoms with van der Waals surface area (Å²) in [6, 6.07) is 2.79. The molecule has 148 valence electrons. The molecule has 27 heavy (non-hydrogen) atoms.